The first-order valence-electron chi connectivity index (χ1n) is 5.87. The van der Waals surface area contributed by atoms with E-state index in [9.17, 15) is 13.2 Å². The summed E-state index contributed by atoms with van der Waals surface area (Å²) in [5.41, 5.74) is 0.218. The normalized spacial score (nSPS) is 11.3. The van der Waals surface area contributed by atoms with Crippen LogP contribution in [0.3, 0.4) is 0 Å². The number of aliphatic carboxylic acids is 1. The Hall–Kier alpha value is -1.57. The molecule has 0 aliphatic carbocycles. The van der Waals surface area contributed by atoms with Crippen molar-refractivity contribution in [3.63, 3.8) is 0 Å². The number of carboxylic acids is 1. The maximum atomic E-state index is 12.6. The molecule has 2 aromatic rings. The number of sulfonamides is 1. The van der Waals surface area contributed by atoms with Crippen molar-refractivity contribution < 1.29 is 18.3 Å². The van der Waals surface area contributed by atoms with E-state index in [-0.39, 0.29) is 9.90 Å². The summed E-state index contributed by atoms with van der Waals surface area (Å²) >= 11 is 6.95. The first-order valence-corrected chi connectivity index (χ1v) is 8.50. The Labute approximate surface area is 131 Å². The maximum Gasteiger partial charge on any atom is 0.324 e. The van der Waals surface area contributed by atoms with Crippen molar-refractivity contribution in [2.45, 2.75) is 11.1 Å². The van der Waals surface area contributed by atoms with E-state index < -0.39 is 22.5 Å². The van der Waals surface area contributed by atoms with Gasteiger partial charge in [-0.2, -0.15) is 0 Å². The molecule has 0 spiro atoms. The number of thiophene rings is 1. The summed E-state index contributed by atoms with van der Waals surface area (Å²) in [6.07, 6.45) is 0. The highest BCUT2D eigenvalue weighted by Crippen LogP contribution is 2.29. The van der Waals surface area contributed by atoms with Crippen LogP contribution in [0.15, 0.2) is 40.6 Å². The number of rotatable bonds is 5. The Morgan fingerprint density at radius 3 is 2.57 bits per heavy atom. The zero-order valence-electron chi connectivity index (χ0n) is 11.0. The van der Waals surface area contributed by atoms with Crippen molar-refractivity contribution in [2.75, 3.05) is 10.8 Å². The number of aryl methyl sites for hydroxylation is 1. The lowest BCUT2D eigenvalue weighted by molar-refractivity contribution is -0.135. The van der Waals surface area contributed by atoms with E-state index in [0.717, 1.165) is 20.5 Å². The van der Waals surface area contributed by atoms with Gasteiger partial charge in [-0.05, 0) is 37.3 Å². The molecule has 2 rings (SSSR count). The van der Waals surface area contributed by atoms with Gasteiger partial charge in [0.2, 0.25) is 0 Å². The van der Waals surface area contributed by atoms with Crippen LogP contribution in [0, 0.1) is 6.92 Å². The molecule has 1 N–H and O–H groups in total. The van der Waals surface area contributed by atoms with Gasteiger partial charge < -0.3 is 5.11 Å². The van der Waals surface area contributed by atoms with Gasteiger partial charge >= 0.3 is 5.97 Å². The Morgan fingerprint density at radius 2 is 2.05 bits per heavy atom. The lowest BCUT2D eigenvalue weighted by Crippen LogP contribution is -2.35. The molecule has 0 aliphatic rings. The van der Waals surface area contributed by atoms with Crippen LogP contribution in [0.4, 0.5) is 5.69 Å². The lowest BCUT2D eigenvalue weighted by Gasteiger charge is -2.22. The molecule has 1 aromatic heterocycles. The lowest BCUT2D eigenvalue weighted by atomic mass is 10.3. The highest BCUT2D eigenvalue weighted by atomic mass is 35.5. The number of halogens is 1. The molecule has 0 saturated heterocycles. The minimum Gasteiger partial charge on any atom is -0.480 e. The van der Waals surface area contributed by atoms with E-state index >= 15 is 0 Å². The third-order valence-corrected chi connectivity index (χ3v) is 6.11. The molecular formula is C13H12ClNO4S2. The third kappa shape index (κ3) is 3.55. The third-order valence-electron chi connectivity index (χ3n) is 2.64. The fourth-order valence-electron chi connectivity index (χ4n) is 1.73. The Kier molecular flexibility index (Phi) is 4.55. The minimum absolute atomic E-state index is 0.0984. The Bertz CT molecular complexity index is 770. The second-order valence-electron chi connectivity index (χ2n) is 4.25. The van der Waals surface area contributed by atoms with Crippen LogP contribution in [0.25, 0.3) is 0 Å². The quantitative estimate of drug-likeness (QED) is 0.904. The van der Waals surface area contributed by atoms with Gasteiger partial charge in [0, 0.05) is 9.90 Å². The molecule has 5 nitrogen and oxygen atoms in total. The first kappa shape index (κ1) is 15.8. The molecule has 0 fully saturated rings. The summed E-state index contributed by atoms with van der Waals surface area (Å²) in [5, 5.41) is 9.33. The van der Waals surface area contributed by atoms with Gasteiger partial charge in [-0.3, -0.25) is 9.10 Å². The number of benzene rings is 1. The largest absolute Gasteiger partial charge is 0.480 e. The summed E-state index contributed by atoms with van der Waals surface area (Å²) < 4.78 is 26.2. The zero-order valence-corrected chi connectivity index (χ0v) is 13.4. The number of nitrogens with zero attached hydrogens (tertiary/aromatic N) is 1. The monoisotopic (exact) mass is 345 g/mol. The predicted octanol–water partition coefficient (Wildman–Crippen LogP) is 2.99. The van der Waals surface area contributed by atoms with Gasteiger partial charge in [0.1, 0.15) is 10.8 Å². The molecule has 0 aliphatic heterocycles. The van der Waals surface area contributed by atoms with E-state index in [2.05, 4.69) is 0 Å². The van der Waals surface area contributed by atoms with Gasteiger partial charge in [-0.1, -0.05) is 17.7 Å². The molecule has 1 aromatic carbocycles. The molecule has 8 heteroatoms. The predicted molar refractivity (Wildman–Crippen MR) is 82.7 cm³/mol. The average molecular weight is 346 g/mol. The van der Waals surface area contributed by atoms with E-state index in [1.165, 1.54) is 18.2 Å². The molecule has 112 valence electrons. The first-order chi connectivity index (χ1) is 9.80. The number of carboxylic acid groups (broad SMARTS) is 1. The van der Waals surface area contributed by atoms with Crippen molar-refractivity contribution in [3.8, 4) is 0 Å². The van der Waals surface area contributed by atoms with Gasteiger partial charge in [0.05, 0.1) is 5.69 Å². The van der Waals surface area contributed by atoms with Crippen LogP contribution in [0.2, 0.25) is 5.02 Å². The van der Waals surface area contributed by atoms with Crippen molar-refractivity contribution in [1.29, 1.82) is 0 Å². The highest BCUT2D eigenvalue weighted by molar-refractivity contribution is 7.94. The summed E-state index contributed by atoms with van der Waals surface area (Å²) in [6, 6.07) is 9.23. The van der Waals surface area contributed by atoms with Gasteiger partial charge in [-0.15, -0.1) is 11.3 Å². The number of hydrogen-bond donors (Lipinski definition) is 1. The highest BCUT2D eigenvalue weighted by Gasteiger charge is 2.28. The fraction of sp³-hybridized carbons (Fsp3) is 0.154. The van der Waals surface area contributed by atoms with Crippen molar-refractivity contribution >= 4 is 44.6 Å². The molecule has 0 radical (unpaired) electrons. The van der Waals surface area contributed by atoms with Crippen LogP contribution in [-0.2, 0) is 14.8 Å². The van der Waals surface area contributed by atoms with Crippen LogP contribution < -0.4 is 4.31 Å². The van der Waals surface area contributed by atoms with Gasteiger partial charge in [0.15, 0.2) is 0 Å². The number of anilines is 1. The molecule has 1 heterocycles. The summed E-state index contributed by atoms with van der Waals surface area (Å²) in [5.74, 6) is -1.24. The van der Waals surface area contributed by atoms with E-state index in [4.69, 9.17) is 16.7 Å². The standard InChI is InChI=1S/C13H12ClNO4S2/c1-9-5-6-13(20-9)21(18,19)15(8-12(16)17)11-4-2-3-10(14)7-11/h2-7H,8H2,1H3,(H,16,17). The van der Waals surface area contributed by atoms with Crippen LogP contribution in [0.1, 0.15) is 4.88 Å². The zero-order chi connectivity index (χ0) is 15.6. The molecule has 0 unspecified atom stereocenters. The Balaban J connectivity index is 2.52. The molecule has 0 amide bonds. The van der Waals surface area contributed by atoms with E-state index in [1.54, 1.807) is 25.1 Å². The maximum absolute atomic E-state index is 12.6. The smallest absolute Gasteiger partial charge is 0.324 e. The van der Waals surface area contributed by atoms with Crippen molar-refractivity contribution in [3.05, 3.63) is 46.3 Å². The molecule has 0 saturated carbocycles. The van der Waals surface area contributed by atoms with Crippen LogP contribution in [0.5, 0.6) is 0 Å². The molecular weight excluding hydrogens is 334 g/mol. The van der Waals surface area contributed by atoms with E-state index in [1.807, 2.05) is 0 Å². The summed E-state index contributed by atoms with van der Waals surface area (Å²) in [4.78, 5) is 11.8. The summed E-state index contributed by atoms with van der Waals surface area (Å²) in [7, 11) is -3.93. The second kappa shape index (κ2) is 6.05. The SMILES string of the molecule is Cc1ccc(S(=O)(=O)N(CC(=O)O)c2cccc(Cl)c2)s1. The number of carbonyl (C=O) groups is 1. The fourth-order valence-corrected chi connectivity index (χ4v) is 4.72. The van der Waals surface area contributed by atoms with Crippen molar-refractivity contribution in [2.24, 2.45) is 0 Å². The second-order valence-corrected chi connectivity index (χ2v) is 8.06. The summed E-state index contributed by atoms with van der Waals surface area (Å²) in [6.45, 7) is 1.12. The molecule has 21 heavy (non-hydrogen) atoms. The Morgan fingerprint density at radius 1 is 1.33 bits per heavy atom. The van der Waals surface area contributed by atoms with Crippen molar-refractivity contribution in [1.82, 2.24) is 0 Å². The minimum atomic E-state index is -3.93. The van der Waals surface area contributed by atoms with Crippen LogP contribution >= 0.6 is 22.9 Å². The van der Waals surface area contributed by atoms with Crippen LogP contribution in [-0.4, -0.2) is 26.0 Å². The average Bonchev–Trinajstić information content (AvgIpc) is 2.83. The molecule has 0 atom stereocenters. The van der Waals surface area contributed by atoms with E-state index in [0.29, 0.717) is 5.02 Å². The molecule has 0 bridgehead atoms. The topological polar surface area (TPSA) is 74.7 Å². The van der Waals surface area contributed by atoms with Gasteiger partial charge in [0.25, 0.3) is 10.0 Å². The number of hydrogen-bond acceptors (Lipinski definition) is 4. The van der Waals surface area contributed by atoms with Gasteiger partial charge in [-0.25, -0.2) is 8.42 Å².